The second-order valence-corrected chi connectivity index (χ2v) is 16.8. The lowest BCUT2D eigenvalue weighted by Gasteiger charge is -2.43. The number of ether oxygens (including phenoxy) is 4. The fourth-order valence-electron chi connectivity index (χ4n) is 8.80. The number of rotatable bonds is 8. The topological polar surface area (TPSA) is 190 Å². The summed E-state index contributed by atoms with van der Waals surface area (Å²) in [6, 6.07) is 45.1. The highest BCUT2D eigenvalue weighted by molar-refractivity contribution is 9.10. The maximum atomic E-state index is 13.0. The SMILES string of the molecule is CCC.COC(=O)c1cc(C(=O)OC)cc(N2c3ccccc3N(c3c(C#N)c(Br)c(C#N)c(N4c5ccccc5N(c5cc(C(=O)OC)cc(C(=O)OC)c5)c5ccccc54)c3C#N)c3ccccc32)c1. The van der Waals surface area contributed by atoms with Crippen LogP contribution in [-0.2, 0) is 18.9 Å². The minimum absolute atomic E-state index is 0.0132. The van der Waals surface area contributed by atoms with E-state index in [1.807, 2.05) is 82.6 Å². The van der Waals surface area contributed by atoms with E-state index in [2.05, 4.69) is 48.0 Å². The zero-order chi connectivity index (χ0) is 51.4. The Bertz CT molecular complexity index is 3120. The van der Waals surface area contributed by atoms with Crippen molar-refractivity contribution in [1.29, 1.82) is 15.8 Å². The van der Waals surface area contributed by atoms with Gasteiger partial charge in [0.05, 0.1) is 123 Å². The molecule has 356 valence electrons. The number of carbonyl (C=O) groups is 4. The summed E-state index contributed by atoms with van der Waals surface area (Å²) in [4.78, 5) is 59.4. The lowest BCUT2D eigenvalue weighted by atomic mass is 9.94. The van der Waals surface area contributed by atoms with E-state index in [0.29, 0.717) is 56.9 Å². The molecule has 0 spiro atoms. The first-order valence-electron chi connectivity index (χ1n) is 22.2. The molecule has 0 amide bonds. The average Bonchev–Trinajstić information content (AvgIpc) is 3.42. The van der Waals surface area contributed by atoms with E-state index in [1.54, 1.807) is 58.3 Å². The van der Waals surface area contributed by atoms with Crippen molar-refractivity contribution < 1.29 is 38.1 Å². The van der Waals surface area contributed by atoms with Crippen molar-refractivity contribution in [3.05, 3.63) is 177 Å². The van der Waals surface area contributed by atoms with Gasteiger partial charge in [0.15, 0.2) is 0 Å². The quantitative estimate of drug-likeness (QED) is 0.103. The zero-order valence-corrected chi connectivity index (χ0v) is 41.3. The van der Waals surface area contributed by atoms with Crippen molar-refractivity contribution in [2.75, 3.05) is 48.0 Å². The molecule has 0 bridgehead atoms. The molecule has 0 saturated heterocycles. The molecular weight excluding hydrogens is 979 g/mol. The van der Waals surface area contributed by atoms with Crippen LogP contribution in [0.4, 0.5) is 68.2 Å². The van der Waals surface area contributed by atoms with Gasteiger partial charge in [0, 0.05) is 11.4 Å². The number of esters is 4. The monoisotopic (exact) mass is 1020 g/mol. The number of hydrogen-bond donors (Lipinski definition) is 0. The van der Waals surface area contributed by atoms with E-state index < -0.39 is 23.9 Å². The number of fused-ring (bicyclic) bond motifs is 4. The lowest BCUT2D eigenvalue weighted by molar-refractivity contribution is 0.0581. The lowest BCUT2D eigenvalue weighted by Crippen LogP contribution is -2.28. The van der Waals surface area contributed by atoms with E-state index in [1.165, 1.54) is 47.0 Å². The summed E-state index contributed by atoms with van der Waals surface area (Å²) in [7, 11) is 4.96. The molecule has 0 fully saturated rings. The Labute approximate surface area is 423 Å². The predicted octanol–water partition coefficient (Wildman–Crippen LogP) is 13.1. The first-order valence-corrected chi connectivity index (χ1v) is 23.0. The van der Waals surface area contributed by atoms with Crippen LogP contribution >= 0.6 is 15.9 Å². The molecule has 0 N–H and O–H groups in total. The molecule has 72 heavy (non-hydrogen) atoms. The van der Waals surface area contributed by atoms with Gasteiger partial charge >= 0.3 is 23.9 Å². The van der Waals surface area contributed by atoms with E-state index in [-0.39, 0.29) is 54.8 Å². The van der Waals surface area contributed by atoms with Gasteiger partial charge in [0.25, 0.3) is 0 Å². The third-order valence-corrected chi connectivity index (χ3v) is 12.5. The molecule has 0 atom stereocenters. The highest BCUT2D eigenvalue weighted by Crippen LogP contribution is 2.60. The Hall–Kier alpha value is -9.43. The van der Waals surface area contributed by atoms with Crippen LogP contribution in [0.1, 0.15) is 78.4 Å². The van der Waals surface area contributed by atoms with Gasteiger partial charge in [-0.1, -0.05) is 68.8 Å². The zero-order valence-electron chi connectivity index (χ0n) is 39.7. The highest BCUT2D eigenvalue weighted by atomic mass is 79.9. The van der Waals surface area contributed by atoms with Crippen LogP contribution in [0.25, 0.3) is 0 Å². The van der Waals surface area contributed by atoms with Gasteiger partial charge in [-0.05, 0) is 101 Å². The number of benzene rings is 7. The Morgan fingerprint density at radius 3 is 0.847 bits per heavy atom. The summed E-state index contributed by atoms with van der Waals surface area (Å²) in [5.74, 6) is -2.73. The number of halogens is 1. The minimum Gasteiger partial charge on any atom is -0.465 e. The molecule has 2 heterocycles. The Morgan fingerprint density at radius 1 is 0.417 bits per heavy atom. The van der Waals surface area contributed by atoms with Crippen molar-refractivity contribution in [1.82, 2.24) is 0 Å². The summed E-state index contributed by atoms with van der Waals surface area (Å²) in [6.07, 6.45) is 1.25. The molecule has 0 aliphatic carbocycles. The Balaban J connectivity index is 0.00000226. The van der Waals surface area contributed by atoms with Crippen LogP contribution in [0.5, 0.6) is 0 Å². The van der Waals surface area contributed by atoms with E-state index in [9.17, 15) is 35.0 Å². The average molecular weight is 1020 g/mol. The van der Waals surface area contributed by atoms with Crippen LogP contribution in [-0.4, -0.2) is 52.3 Å². The van der Waals surface area contributed by atoms with Crippen LogP contribution in [0.2, 0.25) is 0 Å². The Kier molecular flexibility index (Phi) is 14.1. The molecular formula is C56H42BrN7O8. The van der Waals surface area contributed by atoms with Gasteiger partial charge in [-0.15, -0.1) is 0 Å². The first kappa shape index (κ1) is 49.0. The maximum Gasteiger partial charge on any atom is 0.337 e. The molecule has 0 saturated carbocycles. The molecule has 9 rings (SSSR count). The summed E-state index contributed by atoms with van der Waals surface area (Å²) in [5.41, 5.74) is 5.51. The number of nitriles is 3. The molecule has 0 unspecified atom stereocenters. The third-order valence-electron chi connectivity index (χ3n) is 11.7. The van der Waals surface area contributed by atoms with Crippen molar-refractivity contribution in [3.8, 4) is 18.2 Å². The fraction of sp³-hybridized carbons (Fsp3) is 0.125. The predicted molar refractivity (Wildman–Crippen MR) is 275 cm³/mol. The molecule has 15 nitrogen and oxygen atoms in total. The number of para-hydroxylation sites is 8. The highest BCUT2D eigenvalue weighted by Gasteiger charge is 2.40. The maximum absolute atomic E-state index is 13.0. The second-order valence-electron chi connectivity index (χ2n) is 16.0. The van der Waals surface area contributed by atoms with Gasteiger partial charge in [-0.2, -0.15) is 15.8 Å². The summed E-state index contributed by atoms with van der Waals surface area (Å²) in [5, 5.41) is 33.9. The van der Waals surface area contributed by atoms with E-state index in [0.717, 1.165) is 0 Å². The van der Waals surface area contributed by atoms with Crippen LogP contribution in [0.15, 0.2) is 138 Å². The van der Waals surface area contributed by atoms with E-state index >= 15 is 0 Å². The summed E-state index contributed by atoms with van der Waals surface area (Å²) in [6.45, 7) is 4.25. The smallest absolute Gasteiger partial charge is 0.337 e. The molecule has 2 aliphatic rings. The number of hydrogen-bond acceptors (Lipinski definition) is 15. The van der Waals surface area contributed by atoms with Gasteiger partial charge in [0.1, 0.15) is 23.8 Å². The largest absolute Gasteiger partial charge is 0.465 e. The van der Waals surface area contributed by atoms with E-state index in [4.69, 9.17) is 18.9 Å². The molecule has 7 aromatic carbocycles. The van der Waals surface area contributed by atoms with Crippen molar-refractivity contribution in [3.63, 3.8) is 0 Å². The normalized spacial score (nSPS) is 11.7. The van der Waals surface area contributed by atoms with Gasteiger partial charge in [-0.3, -0.25) is 0 Å². The number of anilines is 12. The third kappa shape index (κ3) is 8.34. The van der Waals surface area contributed by atoms with Gasteiger partial charge in [0.2, 0.25) is 0 Å². The van der Waals surface area contributed by atoms with Crippen molar-refractivity contribution in [2.24, 2.45) is 0 Å². The number of methoxy groups -OCH3 is 4. The number of carbonyl (C=O) groups excluding carboxylic acids is 4. The van der Waals surface area contributed by atoms with Crippen LogP contribution < -0.4 is 19.6 Å². The standard InChI is InChI=1S/C53H34BrN7O8.C3H8/c1-66-50(62)30-21-31(51(63)67-2)24-34(23-30)58-39-13-5-9-17-43(39)60(44-18-10-6-14-40(44)58)48-36(27-55)47(54)37(28-56)49(38(48)29-57)61-45-19-11-7-15-41(45)59(42-16-8-12-20-46(42)61)35-25-32(52(64)68-3)22-33(26-35)53(65)69-4;1-3-2/h5-26H,1-4H3;3H2,1-2H3. The Morgan fingerprint density at radius 2 is 0.639 bits per heavy atom. The first-order chi connectivity index (χ1) is 34.9. The van der Waals surface area contributed by atoms with Gasteiger partial charge < -0.3 is 38.5 Å². The molecule has 0 radical (unpaired) electrons. The van der Waals surface area contributed by atoms with Gasteiger partial charge in [-0.25, -0.2) is 19.2 Å². The van der Waals surface area contributed by atoms with Crippen molar-refractivity contribution in [2.45, 2.75) is 20.3 Å². The fourth-order valence-corrected chi connectivity index (χ4v) is 9.36. The van der Waals surface area contributed by atoms with Crippen LogP contribution in [0, 0.1) is 34.0 Å². The minimum atomic E-state index is -0.681. The summed E-state index contributed by atoms with van der Waals surface area (Å²) < 4.78 is 20.4. The molecule has 2 aliphatic heterocycles. The summed E-state index contributed by atoms with van der Waals surface area (Å²) >= 11 is 3.67. The molecule has 16 heteroatoms. The van der Waals surface area contributed by atoms with Crippen LogP contribution in [0.3, 0.4) is 0 Å². The van der Waals surface area contributed by atoms with Crippen molar-refractivity contribution >= 4 is 108 Å². The molecule has 7 aromatic rings. The number of nitrogens with zero attached hydrogens (tertiary/aromatic N) is 7. The molecule has 0 aromatic heterocycles. The second kappa shape index (κ2) is 20.7.